The molecular weight excluding hydrogens is 218 g/mol. The van der Waals surface area contributed by atoms with Crippen LogP contribution in [0.3, 0.4) is 0 Å². The molecule has 0 bridgehead atoms. The van der Waals surface area contributed by atoms with Gasteiger partial charge in [-0.25, -0.2) is 4.79 Å². The van der Waals surface area contributed by atoms with Crippen LogP contribution in [-0.2, 0) is 9.63 Å². The highest BCUT2D eigenvalue weighted by atomic mass is 32.2. The Hall–Kier alpha value is -1.24. The van der Waals surface area contributed by atoms with Crippen LogP contribution >= 0.6 is 11.8 Å². The van der Waals surface area contributed by atoms with Crippen molar-refractivity contribution in [1.82, 2.24) is 5.32 Å². The molecule has 0 aliphatic carbocycles. The third-order valence-corrected chi connectivity index (χ3v) is 2.73. The van der Waals surface area contributed by atoms with E-state index in [-0.39, 0.29) is 5.25 Å². The van der Waals surface area contributed by atoms with E-state index in [2.05, 4.69) is 15.3 Å². The van der Waals surface area contributed by atoms with Gasteiger partial charge in [-0.15, -0.1) is 0 Å². The summed E-state index contributed by atoms with van der Waals surface area (Å²) >= 11 is 1.18. The monoisotopic (exact) mass is 233 g/mol. The number of amides is 2. The Bertz CT molecular complexity index is 268. The highest BCUT2D eigenvalue weighted by molar-refractivity contribution is 8.14. The Morgan fingerprint density at radius 1 is 1.60 bits per heavy atom. The molecule has 0 saturated heterocycles. The summed E-state index contributed by atoms with van der Waals surface area (Å²) in [4.78, 5) is 26.0. The minimum atomic E-state index is -0.651. The fourth-order valence-corrected chi connectivity index (χ4v) is 1.50. The number of primary amides is 1. The van der Waals surface area contributed by atoms with E-state index in [0.29, 0.717) is 11.5 Å². The van der Waals surface area contributed by atoms with Crippen LogP contribution in [0.5, 0.6) is 0 Å². The molecule has 1 atom stereocenters. The quantitative estimate of drug-likeness (QED) is 0.323. The zero-order valence-corrected chi connectivity index (χ0v) is 9.76. The van der Waals surface area contributed by atoms with Gasteiger partial charge in [0.2, 0.25) is 5.91 Å². The molecule has 1 unspecified atom stereocenters. The lowest BCUT2D eigenvalue weighted by Gasteiger charge is -2.08. The number of carbonyl (C=O) groups is 2. The van der Waals surface area contributed by atoms with Gasteiger partial charge in [0.1, 0.15) is 5.04 Å². The first-order chi connectivity index (χ1) is 7.01. The molecule has 2 amide bonds. The number of nitrogens with one attached hydrogen (secondary N) is 1. The number of nitrogens with zero attached hydrogens (tertiary/aromatic N) is 1. The molecule has 0 radical (unpaired) electrons. The number of nitrogens with two attached hydrogens (primary N) is 1. The second kappa shape index (κ2) is 7.10. The third kappa shape index (κ3) is 5.95. The molecule has 86 valence electrons. The van der Waals surface area contributed by atoms with E-state index in [9.17, 15) is 9.59 Å². The number of oxime groups is 1. The molecule has 7 heteroatoms. The SMILES string of the molecule is CCC(S/C(C)=N/OC(=O)NC)C(N)=O. The third-order valence-electron chi connectivity index (χ3n) is 1.46. The molecule has 0 heterocycles. The van der Waals surface area contributed by atoms with E-state index in [4.69, 9.17) is 5.73 Å². The van der Waals surface area contributed by atoms with Crippen LogP contribution in [0, 0.1) is 0 Å². The summed E-state index contributed by atoms with van der Waals surface area (Å²) < 4.78 is 0. The highest BCUT2D eigenvalue weighted by Crippen LogP contribution is 2.16. The predicted octanol–water partition coefficient (Wildman–Crippen LogP) is 0.673. The standard InChI is InChI=1S/C8H15N3O3S/c1-4-6(7(9)12)15-5(2)11-14-8(13)10-3/h6H,4H2,1-3H3,(H2,9,12)(H,10,13)/b11-5+. The molecule has 0 fully saturated rings. The summed E-state index contributed by atoms with van der Waals surface area (Å²) in [6, 6.07) is 0. The fraction of sp³-hybridized carbons (Fsp3) is 0.625. The minimum absolute atomic E-state index is 0.345. The molecule has 0 aliphatic heterocycles. The Morgan fingerprint density at radius 3 is 2.60 bits per heavy atom. The summed E-state index contributed by atoms with van der Waals surface area (Å²) in [7, 11) is 1.43. The molecule has 6 nitrogen and oxygen atoms in total. The van der Waals surface area contributed by atoms with E-state index in [1.54, 1.807) is 6.92 Å². The molecule has 0 aromatic rings. The second-order valence-electron chi connectivity index (χ2n) is 2.66. The normalized spacial score (nSPS) is 13.1. The molecule has 3 N–H and O–H groups in total. The van der Waals surface area contributed by atoms with E-state index < -0.39 is 12.0 Å². The number of hydrogen-bond acceptors (Lipinski definition) is 5. The van der Waals surface area contributed by atoms with Crippen molar-refractivity contribution in [1.29, 1.82) is 0 Å². The summed E-state index contributed by atoms with van der Waals surface area (Å²) in [6.07, 6.45) is -0.0469. The van der Waals surface area contributed by atoms with Crippen molar-refractivity contribution >= 4 is 28.8 Å². The van der Waals surface area contributed by atoms with Crippen molar-refractivity contribution in [3.05, 3.63) is 0 Å². The van der Waals surface area contributed by atoms with Crippen molar-refractivity contribution in [2.75, 3.05) is 7.05 Å². The number of thioether (sulfide) groups is 1. The topological polar surface area (TPSA) is 93.8 Å². The van der Waals surface area contributed by atoms with Crippen molar-refractivity contribution < 1.29 is 14.4 Å². The smallest absolute Gasteiger partial charge is 0.369 e. The van der Waals surface area contributed by atoms with Crippen LogP contribution in [0.4, 0.5) is 4.79 Å². The summed E-state index contributed by atoms with van der Waals surface area (Å²) in [5.74, 6) is -0.406. The molecule has 15 heavy (non-hydrogen) atoms. The summed E-state index contributed by atoms with van der Waals surface area (Å²) in [5.41, 5.74) is 5.14. The maximum Gasteiger partial charge on any atom is 0.433 e. The van der Waals surface area contributed by atoms with Crippen molar-refractivity contribution in [2.24, 2.45) is 10.9 Å². The van der Waals surface area contributed by atoms with Crippen molar-refractivity contribution in [3.63, 3.8) is 0 Å². The Morgan fingerprint density at radius 2 is 2.20 bits per heavy atom. The zero-order valence-electron chi connectivity index (χ0n) is 8.94. The van der Waals surface area contributed by atoms with Crippen LogP contribution in [0.1, 0.15) is 20.3 Å². The van der Waals surface area contributed by atoms with Gasteiger partial charge in [-0.2, -0.15) is 0 Å². The van der Waals surface area contributed by atoms with Gasteiger partial charge in [0, 0.05) is 7.05 Å². The maximum absolute atomic E-state index is 10.9. The van der Waals surface area contributed by atoms with Gasteiger partial charge in [0.25, 0.3) is 0 Å². The molecule has 0 rings (SSSR count). The van der Waals surface area contributed by atoms with Crippen LogP contribution in [0.25, 0.3) is 0 Å². The molecule has 0 aromatic heterocycles. The van der Waals surface area contributed by atoms with E-state index >= 15 is 0 Å². The Labute approximate surface area is 92.6 Å². The first-order valence-electron chi connectivity index (χ1n) is 4.40. The van der Waals surface area contributed by atoms with Crippen molar-refractivity contribution in [3.8, 4) is 0 Å². The van der Waals surface area contributed by atoms with E-state index in [1.807, 2.05) is 6.92 Å². The first kappa shape index (κ1) is 13.8. The highest BCUT2D eigenvalue weighted by Gasteiger charge is 2.15. The second-order valence-corrected chi connectivity index (χ2v) is 4.05. The van der Waals surface area contributed by atoms with Gasteiger partial charge in [0.15, 0.2) is 0 Å². The summed E-state index contributed by atoms with van der Waals surface area (Å²) in [6.45, 7) is 3.48. The van der Waals surface area contributed by atoms with Crippen LogP contribution in [0.15, 0.2) is 5.16 Å². The van der Waals surface area contributed by atoms with Gasteiger partial charge in [-0.05, 0) is 13.3 Å². The van der Waals surface area contributed by atoms with Crippen molar-refractivity contribution in [2.45, 2.75) is 25.5 Å². The predicted molar refractivity (Wildman–Crippen MR) is 59.5 cm³/mol. The lowest BCUT2D eigenvalue weighted by Crippen LogP contribution is -2.26. The molecule has 0 aliphatic rings. The van der Waals surface area contributed by atoms with Crippen LogP contribution < -0.4 is 11.1 Å². The van der Waals surface area contributed by atoms with E-state index in [1.165, 1.54) is 18.8 Å². The van der Waals surface area contributed by atoms with Gasteiger partial charge >= 0.3 is 6.09 Å². The van der Waals surface area contributed by atoms with E-state index in [0.717, 1.165) is 0 Å². The number of carbonyl (C=O) groups excluding carboxylic acids is 2. The van der Waals surface area contributed by atoms with Gasteiger partial charge in [-0.1, -0.05) is 23.8 Å². The molecule has 0 aromatic carbocycles. The molecule has 0 saturated carbocycles. The maximum atomic E-state index is 10.9. The largest absolute Gasteiger partial charge is 0.433 e. The average molecular weight is 233 g/mol. The Balaban J connectivity index is 4.15. The van der Waals surface area contributed by atoms with Gasteiger partial charge < -0.3 is 11.1 Å². The van der Waals surface area contributed by atoms with Crippen LogP contribution in [0.2, 0.25) is 0 Å². The molecular formula is C8H15N3O3S. The Kier molecular flexibility index (Phi) is 6.52. The zero-order chi connectivity index (χ0) is 11.8. The fourth-order valence-electron chi connectivity index (χ4n) is 0.721. The van der Waals surface area contributed by atoms with Crippen LogP contribution in [-0.4, -0.2) is 29.3 Å². The van der Waals surface area contributed by atoms with Gasteiger partial charge in [0.05, 0.1) is 5.25 Å². The summed E-state index contributed by atoms with van der Waals surface area (Å²) in [5, 5.41) is 5.90. The first-order valence-corrected chi connectivity index (χ1v) is 5.28. The average Bonchev–Trinajstić information content (AvgIpc) is 2.21. The molecule has 0 spiro atoms. The minimum Gasteiger partial charge on any atom is -0.369 e. The number of hydrogen-bond donors (Lipinski definition) is 2. The number of rotatable bonds is 4. The van der Waals surface area contributed by atoms with Gasteiger partial charge in [-0.3, -0.25) is 9.63 Å². The lowest BCUT2D eigenvalue weighted by atomic mass is 10.3. The lowest BCUT2D eigenvalue weighted by molar-refractivity contribution is -0.117.